The first-order valence-electron chi connectivity index (χ1n) is 9.22. The molecule has 0 radical (unpaired) electrons. The summed E-state index contributed by atoms with van der Waals surface area (Å²) in [6.07, 6.45) is 6.11. The normalized spacial score (nSPS) is 24.7. The number of aliphatic hydroxyl groups is 1. The van der Waals surface area contributed by atoms with Gasteiger partial charge >= 0.3 is 0 Å². The van der Waals surface area contributed by atoms with Gasteiger partial charge in [0.2, 0.25) is 0 Å². The van der Waals surface area contributed by atoms with E-state index in [0.717, 1.165) is 22.9 Å². The number of nitrogens with zero attached hydrogens (tertiary/aromatic N) is 1. The average molecular weight is 432 g/mol. The van der Waals surface area contributed by atoms with Gasteiger partial charge in [0.05, 0.1) is 11.6 Å². The number of ether oxygens (including phenoxy) is 1. The van der Waals surface area contributed by atoms with Crippen LogP contribution in [-0.4, -0.2) is 22.3 Å². The van der Waals surface area contributed by atoms with Gasteiger partial charge in [-0.1, -0.05) is 40.2 Å². The molecule has 2 aliphatic rings. The van der Waals surface area contributed by atoms with E-state index in [9.17, 15) is 9.50 Å². The van der Waals surface area contributed by atoms with E-state index in [1.54, 1.807) is 12.1 Å². The van der Waals surface area contributed by atoms with Crippen LogP contribution < -0.4 is 0 Å². The van der Waals surface area contributed by atoms with Crippen LogP contribution in [0.2, 0.25) is 0 Å². The largest absolute Gasteiger partial charge is 0.390 e. The molecule has 27 heavy (non-hydrogen) atoms. The van der Waals surface area contributed by atoms with E-state index in [0.29, 0.717) is 13.2 Å². The second kappa shape index (κ2) is 7.04. The molecule has 2 aromatic carbocycles. The Balaban J connectivity index is 1.60. The minimum absolute atomic E-state index is 0.157. The van der Waals surface area contributed by atoms with Crippen LogP contribution in [0, 0.1) is 5.82 Å². The third kappa shape index (κ3) is 3.96. The fraction of sp³-hybridized carbons (Fsp3) is 0.364. The lowest BCUT2D eigenvalue weighted by Gasteiger charge is -2.41. The zero-order valence-corrected chi connectivity index (χ0v) is 16.8. The quantitative estimate of drug-likeness (QED) is 0.700. The Morgan fingerprint density at radius 1 is 1.15 bits per heavy atom. The van der Waals surface area contributed by atoms with Gasteiger partial charge in [0.15, 0.2) is 0 Å². The summed E-state index contributed by atoms with van der Waals surface area (Å²) in [5.74, 6) is -0.274. The van der Waals surface area contributed by atoms with Gasteiger partial charge in [0.1, 0.15) is 18.1 Å². The van der Waals surface area contributed by atoms with Crippen molar-refractivity contribution in [2.24, 2.45) is 0 Å². The summed E-state index contributed by atoms with van der Waals surface area (Å²) in [6.45, 7) is 2.54. The van der Waals surface area contributed by atoms with Crippen LogP contribution in [0.25, 0.3) is 0 Å². The Morgan fingerprint density at radius 3 is 2.37 bits per heavy atom. The Labute approximate surface area is 167 Å². The molecular weight excluding hydrogens is 409 g/mol. The van der Waals surface area contributed by atoms with Gasteiger partial charge in [-0.25, -0.2) is 4.39 Å². The zero-order chi connectivity index (χ0) is 19.1. The van der Waals surface area contributed by atoms with E-state index >= 15 is 0 Å². The minimum atomic E-state index is -0.727. The summed E-state index contributed by atoms with van der Waals surface area (Å²) in [5, 5.41) is 10.5. The molecule has 0 aromatic heterocycles. The molecule has 1 heterocycles. The summed E-state index contributed by atoms with van der Waals surface area (Å²) < 4.78 is 20.8. The van der Waals surface area contributed by atoms with E-state index in [1.807, 2.05) is 24.4 Å². The van der Waals surface area contributed by atoms with E-state index in [-0.39, 0.29) is 11.9 Å². The molecule has 0 saturated heterocycles. The third-order valence-corrected chi connectivity index (χ3v) is 6.14. The maximum Gasteiger partial charge on any atom is 0.123 e. The topological polar surface area (TPSA) is 32.7 Å². The molecule has 0 amide bonds. The van der Waals surface area contributed by atoms with Crippen LogP contribution in [0.5, 0.6) is 0 Å². The van der Waals surface area contributed by atoms with Crippen molar-refractivity contribution in [1.29, 1.82) is 0 Å². The van der Waals surface area contributed by atoms with Gasteiger partial charge in [-0.2, -0.15) is 0 Å². The number of rotatable bonds is 5. The number of hydrogen-bond acceptors (Lipinski definition) is 3. The average Bonchev–Trinajstić information content (AvgIpc) is 3.39. The third-order valence-electron chi connectivity index (χ3n) is 5.61. The molecule has 3 nitrogen and oxygen atoms in total. The van der Waals surface area contributed by atoms with E-state index in [4.69, 9.17) is 4.74 Å². The fourth-order valence-corrected chi connectivity index (χ4v) is 3.87. The van der Waals surface area contributed by atoms with Crippen LogP contribution in [0.3, 0.4) is 0 Å². The predicted octanol–water partition coefficient (Wildman–Crippen LogP) is 5.26. The number of benzene rings is 2. The summed E-state index contributed by atoms with van der Waals surface area (Å²) in [6, 6.07) is 14.8. The monoisotopic (exact) mass is 431 g/mol. The first-order chi connectivity index (χ1) is 12.9. The molecule has 1 aliphatic heterocycles. The Kier molecular flexibility index (Phi) is 4.87. The molecule has 0 spiro atoms. The van der Waals surface area contributed by atoms with E-state index in [2.05, 4.69) is 39.9 Å². The molecule has 1 N–H and O–H groups in total. The smallest absolute Gasteiger partial charge is 0.123 e. The van der Waals surface area contributed by atoms with Gasteiger partial charge in [0.25, 0.3) is 0 Å². The maximum atomic E-state index is 13.4. The number of halogens is 2. The minimum Gasteiger partial charge on any atom is -0.390 e. The molecule has 4 rings (SSSR count). The van der Waals surface area contributed by atoms with Crippen molar-refractivity contribution in [3.63, 3.8) is 0 Å². The molecule has 2 atom stereocenters. The molecule has 1 fully saturated rings. The highest BCUT2D eigenvalue weighted by Crippen LogP contribution is 2.48. The standard InChI is InChI=1S/C22H23BrFNO2/c1-16(17-2-6-19(23)7-3-17)25-13-12-22(27-15-25,14-21(26)10-11-21)18-4-8-20(24)9-5-18/h2-9,12-13,16,26H,10-11,14-15H2,1H3/t16-,22?/m0/s1. The Bertz CT molecular complexity index is 832. The van der Waals surface area contributed by atoms with Crippen molar-refractivity contribution in [3.05, 3.63) is 82.2 Å². The molecule has 0 bridgehead atoms. The summed E-state index contributed by atoms with van der Waals surface area (Å²) >= 11 is 3.47. The lowest BCUT2D eigenvalue weighted by atomic mass is 9.86. The van der Waals surface area contributed by atoms with Crippen molar-refractivity contribution in [3.8, 4) is 0 Å². The van der Waals surface area contributed by atoms with Gasteiger partial charge in [-0.05, 0) is 61.2 Å². The Morgan fingerprint density at radius 2 is 1.81 bits per heavy atom. The highest BCUT2D eigenvalue weighted by atomic mass is 79.9. The predicted molar refractivity (Wildman–Crippen MR) is 106 cm³/mol. The summed E-state index contributed by atoms with van der Waals surface area (Å²) in [5.41, 5.74) is 0.658. The highest BCUT2D eigenvalue weighted by Gasteiger charge is 2.49. The van der Waals surface area contributed by atoms with Crippen molar-refractivity contribution >= 4 is 15.9 Å². The van der Waals surface area contributed by atoms with Crippen LogP contribution in [0.4, 0.5) is 4.39 Å². The lowest BCUT2D eigenvalue weighted by Crippen LogP contribution is -2.41. The van der Waals surface area contributed by atoms with Gasteiger partial charge in [0, 0.05) is 17.1 Å². The number of hydrogen-bond donors (Lipinski definition) is 1. The van der Waals surface area contributed by atoms with Crippen molar-refractivity contribution < 1.29 is 14.2 Å². The first-order valence-corrected chi connectivity index (χ1v) is 10.0. The second-order valence-electron chi connectivity index (χ2n) is 7.63. The molecule has 1 saturated carbocycles. The fourth-order valence-electron chi connectivity index (χ4n) is 3.60. The maximum absolute atomic E-state index is 13.4. The lowest BCUT2D eigenvalue weighted by molar-refractivity contribution is -0.106. The van der Waals surface area contributed by atoms with E-state index < -0.39 is 11.2 Å². The first kappa shape index (κ1) is 18.7. The van der Waals surface area contributed by atoms with Crippen LogP contribution in [0.1, 0.15) is 43.4 Å². The van der Waals surface area contributed by atoms with Crippen LogP contribution >= 0.6 is 15.9 Å². The molecule has 142 valence electrons. The molecule has 2 aromatic rings. The van der Waals surface area contributed by atoms with Gasteiger partial charge in [-0.15, -0.1) is 0 Å². The van der Waals surface area contributed by atoms with Crippen molar-refractivity contribution in [2.75, 3.05) is 6.73 Å². The summed E-state index contributed by atoms with van der Waals surface area (Å²) in [7, 11) is 0. The van der Waals surface area contributed by atoms with Crippen LogP contribution in [-0.2, 0) is 10.3 Å². The van der Waals surface area contributed by atoms with Crippen molar-refractivity contribution in [2.45, 2.75) is 43.4 Å². The second-order valence-corrected chi connectivity index (χ2v) is 8.54. The van der Waals surface area contributed by atoms with Crippen molar-refractivity contribution in [1.82, 2.24) is 4.90 Å². The molecule has 1 unspecified atom stereocenters. The molecule has 5 heteroatoms. The molecule has 1 aliphatic carbocycles. The van der Waals surface area contributed by atoms with E-state index in [1.165, 1.54) is 17.7 Å². The summed E-state index contributed by atoms with van der Waals surface area (Å²) in [4.78, 5) is 2.13. The highest BCUT2D eigenvalue weighted by molar-refractivity contribution is 9.10. The molecular formula is C22H23BrFNO2. The Hall–Kier alpha value is -1.69. The SMILES string of the molecule is C[C@@H](c1ccc(Br)cc1)N1C=CC(CC2(O)CC2)(c2ccc(F)cc2)OC1. The van der Waals surface area contributed by atoms with Gasteiger partial charge in [-0.3, -0.25) is 0 Å². The van der Waals surface area contributed by atoms with Gasteiger partial charge < -0.3 is 14.7 Å². The van der Waals surface area contributed by atoms with Crippen LogP contribution in [0.15, 0.2) is 65.3 Å². The zero-order valence-electron chi connectivity index (χ0n) is 15.2.